The van der Waals surface area contributed by atoms with E-state index in [1.165, 1.54) is 44.9 Å². The van der Waals surface area contributed by atoms with Gasteiger partial charge in [-0.15, -0.1) is 0 Å². The van der Waals surface area contributed by atoms with Gasteiger partial charge in [0.2, 0.25) is 0 Å². The van der Waals surface area contributed by atoms with Crippen LogP contribution in [0, 0.1) is 35.0 Å². The molecular formula is C26H48O. The third kappa shape index (κ3) is 4.70. The summed E-state index contributed by atoms with van der Waals surface area (Å²) in [6, 6.07) is 0. The normalized spacial score (nSPS) is 40.7. The summed E-state index contributed by atoms with van der Waals surface area (Å²) in [5.41, 5.74) is 2.28. The molecule has 0 saturated heterocycles. The zero-order valence-corrected chi connectivity index (χ0v) is 19.7. The Morgan fingerprint density at radius 1 is 0.815 bits per heavy atom. The van der Waals surface area contributed by atoms with E-state index in [1.54, 1.807) is 5.57 Å². The molecule has 0 heterocycles. The lowest BCUT2D eigenvalue weighted by molar-refractivity contribution is -0.126. The number of carbonyl (C=O) groups excluding carboxylic acids is 1. The van der Waals surface area contributed by atoms with Crippen LogP contribution in [0.2, 0.25) is 0 Å². The van der Waals surface area contributed by atoms with Gasteiger partial charge in [-0.05, 0) is 86.9 Å². The Kier molecular flexibility index (Phi) is 10.3. The molecule has 27 heavy (non-hydrogen) atoms. The molecule has 0 aromatic heterocycles. The van der Waals surface area contributed by atoms with Crippen molar-refractivity contribution in [1.29, 1.82) is 0 Å². The first-order valence-electron chi connectivity index (χ1n) is 12.3. The lowest BCUT2D eigenvalue weighted by Crippen LogP contribution is -2.47. The maximum Gasteiger partial charge on any atom is 0.133 e. The number of Topliss-reactive ketones (excluding diaryl/α,β-unsaturated/α-hetero) is 1. The topological polar surface area (TPSA) is 17.1 Å². The maximum absolute atomic E-state index is 11.8. The summed E-state index contributed by atoms with van der Waals surface area (Å²) in [5.74, 6) is 5.05. The Bertz CT molecular complexity index is 477. The van der Waals surface area contributed by atoms with Crippen LogP contribution >= 0.6 is 0 Å². The second-order valence-corrected chi connectivity index (χ2v) is 8.53. The SMILES string of the molecule is C/C=C1/CCC2C3CCC4CC(=O)CCC4C3CCC12C.CC.CC.CC. The molecule has 0 N–H and O–H groups in total. The average molecular weight is 377 g/mol. The predicted octanol–water partition coefficient (Wildman–Crippen LogP) is 8.23. The number of carbonyl (C=O) groups is 1. The Morgan fingerprint density at radius 2 is 1.48 bits per heavy atom. The second kappa shape index (κ2) is 11.4. The van der Waals surface area contributed by atoms with E-state index >= 15 is 0 Å². The zero-order valence-electron chi connectivity index (χ0n) is 19.7. The highest BCUT2D eigenvalue weighted by Crippen LogP contribution is 2.63. The summed E-state index contributed by atoms with van der Waals surface area (Å²) in [7, 11) is 0. The van der Waals surface area contributed by atoms with Crippen LogP contribution < -0.4 is 0 Å². The van der Waals surface area contributed by atoms with E-state index in [1.807, 2.05) is 41.5 Å². The Labute approximate surface area is 170 Å². The molecule has 0 bridgehead atoms. The number of rotatable bonds is 0. The van der Waals surface area contributed by atoms with Crippen molar-refractivity contribution in [2.24, 2.45) is 35.0 Å². The largest absolute Gasteiger partial charge is 0.300 e. The number of hydrogen-bond acceptors (Lipinski definition) is 1. The van der Waals surface area contributed by atoms with E-state index in [-0.39, 0.29) is 0 Å². The minimum absolute atomic E-state index is 0.521. The van der Waals surface area contributed by atoms with Gasteiger partial charge in [-0.3, -0.25) is 4.79 Å². The van der Waals surface area contributed by atoms with E-state index in [0.717, 1.165) is 42.4 Å². The van der Waals surface area contributed by atoms with Gasteiger partial charge in [0.15, 0.2) is 0 Å². The molecule has 6 atom stereocenters. The molecule has 4 saturated carbocycles. The van der Waals surface area contributed by atoms with E-state index < -0.39 is 0 Å². The molecule has 0 aromatic rings. The van der Waals surface area contributed by atoms with Gasteiger partial charge in [-0.25, -0.2) is 0 Å². The molecule has 158 valence electrons. The average Bonchev–Trinajstić information content (AvgIpc) is 3.08. The minimum atomic E-state index is 0.521. The molecule has 0 spiro atoms. The summed E-state index contributed by atoms with van der Waals surface area (Å²) in [6.45, 7) is 16.8. The smallest absolute Gasteiger partial charge is 0.133 e. The number of hydrogen-bond donors (Lipinski definition) is 0. The molecule has 4 aliphatic carbocycles. The molecular weight excluding hydrogens is 328 g/mol. The molecule has 0 aromatic carbocycles. The van der Waals surface area contributed by atoms with Gasteiger partial charge in [0.05, 0.1) is 0 Å². The lowest BCUT2D eigenvalue weighted by Gasteiger charge is -2.54. The van der Waals surface area contributed by atoms with Gasteiger partial charge in [0.1, 0.15) is 5.78 Å². The molecule has 4 rings (SSSR count). The van der Waals surface area contributed by atoms with E-state index in [0.29, 0.717) is 11.2 Å². The highest BCUT2D eigenvalue weighted by atomic mass is 16.1. The van der Waals surface area contributed by atoms with Crippen LogP contribution in [0.5, 0.6) is 0 Å². The molecule has 0 radical (unpaired) electrons. The van der Waals surface area contributed by atoms with Crippen LogP contribution in [-0.4, -0.2) is 5.78 Å². The van der Waals surface area contributed by atoms with Crippen molar-refractivity contribution in [3.8, 4) is 0 Å². The van der Waals surface area contributed by atoms with Crippen molar-refractivity contribution in [3.05, 3.63) is 11.6 Å². The van der Waals surface area contributed by atoms with Crippen molar-refractivity contribution < 1.29 is 4.79 Å². The van der Waals surface area contributed by atoms with E-state index in [4.69, 9.17) is 0 Å². The number of fused-ring (bicyclic) bond motifs is 5. The van der Waals surface area contributed by atoms with Crippen molar-refractivity contribution >= 4 is 5.78 Å². The van der Waals surface area contributed by atoms with Crippen LogP contribution in [-0.2, 0) is 4.79 Å². The summed E-state index contributed by atoms with van der Waals surface area (Å²) in [4.78, 5) is 11.8. The highest BCUT2D eigenvalue weighted by molar-refractivity contribution is 5.79. The molecule has 6 unspecified atom stereocenters. The van der Waals surface area contributed by atoms with Crippen LogP contribution in [0.1, 0.15) is 113 Å². The summed E-state index contributed by atoms with van der Waals surface area (Å²) >= 11 is 0. The Balaban J connectivity index is 0.000000556. The van der Waals surface area contributed by atoms with Gasteiger partial charge in [-0.2, -0.15) is 0 Å². The van der Waals surface area contributed by atoms with Gasteiger partial charge < -0.3 is 0 Å². The summed E-state index contributed by atoms with van der Waals surface area (Å²) < 4.78 is 0. The fourth-order valence-electron chi connectivity index (χ4n) is 6.98. The van der Waals surface area contributed by atoms with Crippen LogP contribution in [0.25, 0.3) is 0 Å². The maximum atomic E-state index is 11.8. The first kappa shape index (κ1) is 24.4. The molecule has 4 fully saturated rings. The van der Waals surface area contributed by atoms with Crippen molar-refractivity contribution in [2.75, 3.05) is 0 Å². The Morgan fingerprint density at radius 3 is 2.11 bits per heavy atom. The van der Waals surface area contributed by atoms with Crippen molar-refractivity contribution in [1.82, 2.24) is 0 Å². The first-order valence-corrected chi connectivity index (χ1v) is 12.3. The third-order valence-corrected chi connectivity index (χ3v) is 7.96. The lowest BCUT2D eigenvalue weighted by atomic mass is 9.50. The van der Waals surface area contributed by atoms with E-state index in [9.17, 15) is 4.79 Å². The highest BCUT2D eigenvalue weighted by Gasteiger charge is 2.54. The van der Waals surface area contributed by atoms with Crippen LogP contribution in [0.15, 0.2) is 11.6 Å². The second-order valence-electron chi connectivity index (χ2n) is 8.53. The summed E-state index contributed by atoms with van der Waals surface area (Å²) in [5, 5.41) is 0. The van der Waals surface area contributed by atoms with Gasteiger partial charge in [0, 0.05) is 12.8 Å². The monoisotopic (exact) mass is 376 g/mol. The fraction of sp³-hybridized carbons (Fsp3) is 0.885. The van der Waals surface area contributed by atoms with Crippen LogP contribution in [0.3, 0.4) is 0 Å². The zero-order chi connectivity index (χ0) is 20.6. The van der Waals surface area contributed by atoms with Gasteiger partial charge in [-0.1, -0.05) is 60.1 Å². The Hall–Kier alpha value is -0.590. The fourth-order valence-corrected chi connectivity index (χ4v) is 6.98. The van der Waals surface area contributed by atoms with E-state index in [2.05, 4.69) is 19.9 Å². The standard InChI is InChI=1S/C20H30O.3C2H6/c1-3-14-5-9-19-18-7-4-13-12-15(21)6-8-16(13)17(18)10-11-20(14,19)2;3*1-2/h3,13,16-19H,4-12H2,1-2H3;3*1-2H3/b14-3-;;;. The van der Waals surface area contributed by atoms with Gasteiger partial charge in [0.25, 0.3) is 0 Å². The van der Waals surface area contributed by atoms with Gasteiger partial charge >= 0.3 is 0 Å². The molecule has 0 aliphatic heterocycles. The van der Waals surface area contributed by atoms with Crippen LogP contribution in [0.4, 0.5) is 0 Å². The molecule has 1 nitrogen and oxygen atoms in total. The molecule has 4 aliphatic rings. The molecule has 1 heteroatoms. The van der Waals surface area contributed by atoms with Crippen molar-refractivity contribution in [2.45, 2.75) is 113 Å². The summed E-state index contributed by atoms with van der Waals surface area (Å²) in [6.07, 6.45) is 13.8. The minimum Gasteiger partial charge on any atom is -0.300 e. The predicted molar refractivity (Wildman–Crippen MR) is 120 cm³/mol. The van der Waals surface area contributed by atoms with Crippen molar-refractivity contribution in [3.63, 3.8) is 0 Å². The quantitative estimate of drug-likeness (QED) is 0.389. The molecule has 0 amide bonds. The number of ketones is 1. The number of allylic oxidation sites excluding steroid dienone is 2. The third-order valence-electron chi connectivity index (χ3n) is 7.96. The first-order chi connectivity index (χ1) is 13.1.